The minimum Gasteiger partial charge on any atom is -0.449 e. The van der Waals surface area contributed by atoms with Crippen molar-refractivity contribution in [3.8, 4) is 11.5 Å². The summed E-state index contributed by atoms with van der Waals surface area (Å²) in [6.45, 7) is 7.38. The molecule has 31 heavy (non-hydrogen) atoms. The highest BCUT2D eigenvalue weighted by atomic mass is 16.7. The van der Waals surface area contributed by atoms with Crippen molar-refractivity contribution in [3.05, 3.63) is 18.2 Å². The Hall–Kier alpha value is -2.48. The summed E-state index contributed by atoms with van der Waals surface area (Å²) in [6.07, 6.45) is 4.58. The molecule has 0 radical (unpaired) electrons. The maximum absolute atomic E-state index is 12.6. The predicted octanol–water partition coefficient (Wildman–Crippen LogP) is 3.47. The van der Waals surface area contributed by atoms with Crippen LogP contribution in [0.4, 0.5) is 10.5 Å². The van der Waals surface area contributed by atoms with Crippen LogP contribution < -0.4 is 14.8 Å². The third-order valence-corrected chi connectivity index (χ3v) is 5.94. The van der Waals surface area contributed by atoms with Crippen LogP contribution in [0.1, 0.15) is 46.0 Å². The maximum atomic E-state index is 12.6. The molecule has 1 aromatic carbocycles. The van der Waals surface area contributed by atoms with Gasteiger partial charge >= 0.3 is 6.09 Å². The standard InChI is InChI=1S/C23H33N3O5/c1-17(2)16-29-22(28)26-11-5-10-25(12-13-26)15-21(27)24-18-6-7-19-20(14-18)31-23(30-19)8-3-4-9-23/h6-7,14,17H,3-5,8-13,15-16H2,1-2H3,(H,24,27). The van der Waals surface area contributed by atoms with E-state index in [0.717, 1.165) is 44.4 Å². The first-order chi connectivity index (χ1) is 14.9. The van der Waals surface area contributed by atoms with Gasteiger partial charge in [-0.3, -0.25) is 9.69 Å². The lowest BCUT2D eigenvalue weighted by molar-refractivity contribution is -0.117. The molecular weight excluding hydrogens is 398 g/mol. The second kappa shape index (κ2) is 9.34. The molecule has 1 saturated carbocycles. The fourth-order valence-electron chi connectivity index (χ4n) is 4.33. The molecule has 170 valence electrons. The highest BCUT2D eigenvalue weighted by molar-refractivity contribution is 5.92. The Morgan fingerprint density at radius 3 is 2.61 bits per heavy atom. The van der Waals surface area contributed by atoms with E-state index in [1.807, 2.05) is 32.0 Å². The summed E-state index contributed by atoms with van der Waals surface area (Å²) in [5.41, 5.74) is 0.705. The van der Waals surface area contributed by atoms with E-state index in [4.69, 9.17) is 14.2 Å². The smallest absolute Gasteiger partial charge is 0.409 e. The van der Waals surface area contributed by atoms with Gasteiger partial charge in [-0.1, -0.05) is 13.8 Å². The summed E-state index contributed by atoms with van der Waals surface area (Å²) >= 11 is 0. The molecule has 1 spiro atoms. The first kappa shape index (κ1) is 21.7. The van der Waals surface area contributed by atoms with Crippen molar-refractivity contribution in [2.75, 3.05) is 44.6 Å². The molecule has 0 atom stereocenters. The van der Waals surface area contributed by atoms with E-state index in [9.17, 15) is 9.59 Å². The van der Waals surface area contributed by atoms with E-state index < -0.39 is 5.79 Å². The molecule has 8 nitrogen and oxygen atoms in total. The average molecular weight is 432 g/mol. The Kier molecular flexibility index (Phi) is 6.55. The van der Waals surface area contributed by atoms with Gasteiger partial charge < -0.3 is 24.4 Å². The zero-order valence-corrected chi connectivity index (χ0v) is 18.5. The number of fused-ring (bicyclic) bond motifs is 1. The minimum absolute atomic E-state index is 0.0784. The van der Waals surface area contributed by atoms with Crippen LogP contribution in [0.25, 0.3) is 0 Å². The van der Waals surface area contributed by atoms with Crippen molar-refractivity contribution in [1.82, 2.24) is 9.80 Å². The Bertz CT molecular complexity index is 806. The monoisotopic (exact) mass is 431 g/mol. The van der Waals surface area contributed by atoms with Gasteiger partial charge in [-0.15, -0.1) is 0 Å². The summed E-state index contributed by atoms with van der Waals surface area (Å²) in [5.74, 6) is 1.18. The second-order valence-corrected chi connectivity index (χ2v) is 9.12. The van der Waals surface area contributed by atoms with Crippen LogP contribution >= 0.6 is 0 Å². The number of anilines is 1. The zero-order chi connectivity index (χ0) is 21.8. The largest absolute Gasteiger partial charge is 0.449 e. The van der Waals surface area contributed by atoms with Gasteiger partial charge in [0.2, 0.25) is 5.91 Å². The molecule has 1 aromatic rings. The molecule has 2 heterocycles. The SMILES string of the molecule is CC(C)COC(=O)N1CCCN(CC(=O)Nc2ccc3c(c2)OC2(CCCC2)O3)CC1. The second-order valence-electron chi connectivity index (χ2n) is 9.12. The van der Waals surface area contributed by atoms with Crippen molar-refractivity contribution in [2.45, 2.75) is 51.7 Å². The van der Waals surface area contributed by atoms with Gasteiger partial charge in [0.05, 0.1) is 13.2 Å². The van der Waals surface area contributed by atoms with E-state index in [1.54, 1.807) is 4.90 Å². The first-order valence-corrected chi connectivity index (χ1v) is 11.4. The van der Waals surface area contributed by atoms with Crippen molar-refractivity contribution < 1.29 is 23.8 Å². The van der Waals surface area contributed by atoms with Crippen LogP contribution in [0.3, 0.4) is 0 Å². The number of nitrogens with zero attached hydrogens (tertiary/aromatic N) is 2. The number of ether oxygens (including phenoxy) is 3. The molecule has 1 N–H and O–H groups in total. The van der Waals surface area contributed by atoms with Gasteiger partial charge in [0.1, 0.15) is 0 Å². The number of nitrogens with one attached hydrogen (secondary N) is 1. The highest BCUT2D eigenvalue weighted by Crippen LogP contribution is 2.47. The van der Waals surface area contributed by atoms with Crippen molar-refractivity contribution in [2.24, 2.45) is 5.92 Å². The number of hydrogen-bond acceptors (Lipinski definition) is 6. The summed E-state index contributed by atoms with van der Waals surface area (Å²) in [4.78, 5) is 28.6. The minimum atomic E-state index is -0.501. The molecule has 2 fully saturated rings. The van der Waals surface area contributed by atoms with E-state index >= 15 is 0 Å². The van der Waals surface area contributed by atoms with Gasteiger partial charge in [-0.2, -0.15) is 0 Å². The number of hydrogen-bond donors (Lipinski definition) is 1. The van der Waals surface area contributed by atoms with Crippen LogP contribution in [0, 0.1) is 5.92 Å². The summed E-state index contributed by atoms with van der Waals surface area (Å²) < 4.78 is 17.4. The molecule has 2 amide bonds. The van der Waals surface area contributed by atoms with Crippen molar-refractivity contribution in [3.63, 3.8) is 0 Å². The average Bonchev–Trinajstić information content (AvgIpc) is 3.25. The molecule has 1 saturated heterocycles. The Labute approximate surface area is 183 Å². The number of carbonyl (C=O) groups excluding carboxylic acids is 2. The van der Waals surface area contributed by atoms with Crippen LogP contribution in [0.5, 0.6) is 11.5 Å². The molecule has 4 rings (SSSR count). The Balaban J connectivity index is 1.26. The van der Waals surface area contributed by atoms with Gasteiger partial charge in [-0.25, -0.2) is 4.79 Å². The van der Waals surface area contributed by atoms with Gasteiger partial charge in [0.15, 0.2) is 11.5 Å². The molecule has 8 heteroatoms. The van der Waals surface area contributed by atoms with E-state index in [2.05, 4.69) is 10.2 Å². The van der Waals surface area contributed by atoms with Gasteiger partial charge in [0, 0.05) is 50.8 Å². The summed E-state index contributed by atoms with van der Waals surface area (Å²) in [5, 5.41) is 2.96. The number of carbonyl (C=O) groups is 2. The van der Waals surface area contributed by atoms with E-state index in [0.29, 0.717) is 43.6 Å². The van der Waals surface area contributed by atoms with Crippen LogP contribution in [0.15, 0.2) is 18.2 Å². The quantitative estimate of drug-likeness (QED) is 0.769. The molecule has 3 aliphatic rings. The third kappa shape index (κ3) is 5.42. The van der Waals surface area contributed by atoms with E-state index in [-0.39, 0.29) is 18.5 Å². The Morgan fingerprint density at radius 1 is 1.06 bits per heavy atom. The van der Waals surface area contributed by atoms with Crippen molar-refractivity contribution >= 4 is 17.7 Å². The van der Waals surface area contributed by atoms with Crippen LogP contribution in [-0.4, -0.2) is 66.9 Å². The molecule has 0 aromatic heterocycles. The summed E-state index contributed by atoms with van der Waals surface area (Å²) in [7, 11) is 0. The zero-order valence-electron chi connectivity index (χ0n) is 18.5. The third-order valence-electron chi connectivity index (χ3n) is 5.94. The lowest BCUT2D eigenvalue weighted by Gasteiger charge is -2.21. The fourth-order valence-corrected chi connectivity index (χ4v) is 4.33. The maximum Gasteiger partial charge on any atom is 0.409 e. The van der Waals surface area contributed by atoms with Gasteiger partial charge in [0.25, 0.3) is 5.79 Å². The first-order valence-electron chi connectivity index (χ1n) is 11.4. The lowest BCUT2D eigenvalue weighted by atomic mass is 10.2. The van der Waals surface area contributed by atoms with Crippen LogP contribution in [-0.2, 0) is 9.53 Å². The van der Waals surface area contributed by atoms with E-state index in [1.165, 1.54) is 0 Å². The highest BCUT2D eigenvalue weighted by Gasteiger charge is 2.44. The number of rotatable bonds is 5. The fraction of sp³-hybridized carbons (Fsp3) is 0.652. The summed E-state index contributed by atoms with van der Waals surface area (Å²) in [6, 6.07) is 5.56. The topological polar surface area (TPSA) is 80.3 Å². The normalized spacial score (nSPS) is 20.2. The molecule has 2 aliphatic heterocycles. The van der Waals surface area contributed by atoms with Gasteiger partial charge in [-0.05, 0) is 37.3 Å². The molecular formula is C23H33N3O5. The lowest BCUT2D eigenvalue weighted by Crippen LogP contribution is -2.38. The van der Waals surface area contributed by atoms with Crippen molar-refractivity contribution in [1.29, 1.82) is 0 Å². The predicted molar refractivity (Wildman–Crippen MR) is 116 cm³/mol. The Morgan fingerprint density at radius 2 is 1.84 bits per heavy atom. The number of amides is 2. The molecule has 1 aliphatic carbocycles. The molecule has 0 unspecified atom stereocenters. The number of benzene rings is 1. The van der Waals surface area contributed by atoms with Crippen LogP contribution in [0.2, 0.25) is 0 Å². The molecule has 0 bridgehead atoms.